The lowest BCUT2D eigenvalue weighted by atomic mass is 10.0. The van der Waals surface area contributed by atoms with Crippen LogP contribution in [0.3, 0.4) is 0 Å². The first-order chi connectivity index (χ1) is 15.6. The number of amides is 3. The Labute approximate surface area is 185 Å². The van der Waals surface area contributed by atoms with Crippen molar-refractivity contribution in [3.05, 3.63) is 66.2 Å². The van der Waals surface area contributed by atoms with Gasteiger partial charge in [-0.05, 0) is 17.7 Å². The SMILES string of the molecule is O=C(C[C@H]1C=C[C@@H](NC(=O)Nc2ccc3c(c2)OCO3)[C@@H](CO)O1)NCc1ccccc1. The maximum atomic E-state index is 12.4. The molecule has 0 bridgehead atoms. The van der Waals surface area contributed by atoms with Gasteiger partial charge in [-0.3, -0.25) is 4.79 Å². The van der Waals surface area contributed by atoms with Crippen molar-refractivity contribution in [1.82, 2.24) is 10.6 Å². The van der Waals surface area contributed by atoms with Gasteiger partial charge in [-0.15, -0.1) is 0 Å². The first-order valence-corrected chi connectivity index (χ1v) is 10.3. The van der Waals surface area contributed by atoms with Gasteiger partial charge in [-0.1, -0.05) is 42.5 Å². The largest absolute Gasteiger partial charge is 0.454 e. The molecule has 3 atom stereocenters. The van der Waals surface area contributed by atoms with E-state index in [9.17, 15) is 14.7 Å². The number of hydrogen-bond acceptors (Lipinski definition) is 6. The van der Waals surface area contributed by atoms with Crippen LogP contribution in [0.1, 0.15) is 12.0 Å². The van der Waals surface area contributed by atoms with Crippen molar-refractivity contribution in [3.63, 3.8) is 0 Å². The van der Waals surface area contributed by atoms with Crippen LogP contribution in [0.2, 0.25) is 0 Å². The Hall–Kier alpha value is -3.56. The second-order valence-corrected chi connectivity index (χ2v) is 7.44. The van der Waals surface area contributed by atoms with E-state index in [1.807, 2.05) is 30.3 Å². The molecule has 0 aliphatic carbocycles. The van der Waals surface area contributed by atoms with Crippen molar-refractivity contribution < 1.29 is 28.9 Å². The maximum Gasteiger partial charge on any atom is 0.319 e. The van der Waals surface area contributed by atoms with Crippen molar-refractivity contribution in [2.45, 2.75) is 31.2 Å². The molecular weight excluding hydrogens is 414 g/mol. The molecule has 0 aromatic heterocycles. The van der Waals surface area contributed by atoms with Gasteiger partial charge in [0.05, 0.1) is 25.2 Å². The summed E-state index contributed by atoms with van der Waals surface area (Å²) >= 11 is 0. The van der Waals surface area contributed by atoms with Gasteiger partial charge < -0.3 is 35.3 Å². The fourth-order valence-electron chi connectivity index (χ4n) is 3.48. The van der Waals surface area contributed by atoms with Gasteiger partial charge in [0.1, 0.15) is 6.10 Å². The van der Waals surface area contributed by atoms with E-state index >= 15 is 0 Å². The number of aliphatic hydroxyl groups is 1. The Morgan fingerprint density at radius 3 is 2.66 bits per heavy atom. The van der Waals surface area contributed by atoms with Gasteiger partial charge in [-0.25, -0.2) is 4.79 Å². The van der Waals surface area contributed by atoms with E-state index in [-0.39, 0.29) is 25.7 Å². The molecule has 2 aliphatic heterocycles. The van der Waals surface area contributed by atoms with E-state index in [1.54, 1.807) is 30.4 Å². The predicted molar refractivity (Wildman–Crippen MR) is 116 cm³/mol. The molecule has 2 aliphatic rings. The van der Waals surface area contributed by atoms with Crippen LogP contribution in [-0.2, 0) is 16.1 Å². The van der Waals surface area contributed by atoms with E-state index in [0.29, 0.717) is 23.7 Å². The number of hydrogen-bond donors (Lipinski definition) is 4. The third-order valence-electron chi connectivity index (χ3n) is 5.11. The molecule has 0 radical (unpaired) electrons. The highest BCUT2D eigenvalue weighted by Gasteiger charge is 2.29. The van der Waals surface area contributed by atoms with Crippen molar-refractivity contribution >= 4 is 17.6 Å². The third kappa shape index (κ3) is 5.57. The van der Waals surface area contributed by atoms with E-state index in [0.717, 1.165) is 5.56 Å². The minimum Gasteiger partial charge on any atom is -0.454 e. The fraction of sp³-hybridized carbons (Fsp3) is 0.304. The highest BCUT2D eigenvalue weighted by molar-refractivity contribution is 5.90. The number of fused-ring (bicyclic) bond motifs is 1. The first-order valence-electron chi connectivity index (χ1n) is 10.3. The number of carbonyl (C=O) groups excluding carboxylic acids is 2. The molecule has 9 heteroatoms. The Morgan fingerprint density at radius 2 is 1.84 bits per heavy atom. The van der Waals surface area contributed by atoms with Crippen LogP contribution in [0.25, 0.3) is 0 Å². The van der Waals surface area contributed by atoms with Gasteiger partial charge in [-0.2, -0.15) is 0 Å². The molecular formula is C23H25N3O6. The van der Waals surface area contributed by atoms with E-state index in [1.165, 1.54) is 0 Å². The fourth-order valence-corrected chi connectivity index (χ4v) is 3.48. The molecule has 0 unspecified atom stereocenters. The zero-order valence-electron chi connectivity index (χ0n) is 17.3. The molecule has 3 amide bonds. The van der Waals surface area contributed by atoms with Gasteiger partial charge >= 0.3 is 6.03 Å². The molecule has 4 rings (SSSR count). The summed E-state index contributed by atoms with van der Waals surface area (Å²) < 4.78 is 16.4. The first kappa shape index (κ1) is 21.7. The van der Waals surface area contributed by atoms with Gasteiger partial charge in [0.15, 0.2) is 11.5 Å². The number of benzene rings is 2. The van der Waals surface area contributed by atoms with Crippen molar-refractivity contribution in [2.75, 3.05) is 18.7 Å². The molecule has 0 spiro atoms. The monoisotopic (exact) mass is 439 g/mol. The topological polar surface area (TPSA) is 118 Å². The van der Waals surface area contributed by atoms with Crippen LogP contribution in [0.15, 0.2) is 60.7 Å². The second kappa shape index (κ2) is 10.2. The number of nitrogens with one attached hydrogen (secondary N) is 3. The minimum atomic E-state index is -0.672. The normalized spacial score (nSPS) is 21.1. The van der Waals surface area contributed by atoms with Crippen LogP contribution in [0, 0.1) is 0 Å². The lowest BCUT2D eigenvalue weighted by Gasteiger charge is -2.31. The molecule has 0 saturated carbocycles. The molecule has 9 nitrogen and oxygen atoms in total. The number of carbonyl (C=O) groups is 2. The number of aliphatic hydroxyl groups excluding tert-OH is 1. The van der Waals surface area contributed by atoms with E-state index in [2.05, 4.69) is 16.0 Å². The molecule has 4 N–H and O–H groups in total. The lowest BCUT2D eigenvalue weighted by Crippen LogP contribution is -2.50. The summed E-state index contributed by atoms with van der Waals surface area (Å²) in [7, 11) is 0. The average molecular weight is 439 g/mol. The van der Waals surface area contributed by atoms with Gasteiger partial charge in [0.2, 0.25) is 12.7 Å². The minimum absolute atomic E-state index is 0.121. The maximum absolute atomic E-state index is 12.4. The smallest absolute Gasteiger partial charge is 0.319 e. The molecule has 2 aromatic carbocycles. The summed E-state index contributed by atoms with van der Waals surface area (Å²) in [5, 5.41) is 18.0. The van der Waals surface area contributed by atoms with Crippen LogP contribution < -0.4 is 25.4 Å². The predicted octanol–water partition coefficient (Wildman–Crippen LogP) is 1.93. The highest BCUT2D eigenvalue weighted by Crippen LogP contribution is 2.34. The number of ether oxygens (including phenoxy) is 3. The van der Waals surface area contributed by atoms with Crippen molar-refractivity contribution in [1.29, 1.82) is 0 Å². The molecule has 0 fully saturated rings. The summed E-state index contributed by atoms with van der Waals surface area (Å²) in [5.74, 6) is 1.02. The summed E-state index contributed by atoms with van der Waals surface area (Å²) in [6, 6.07) is 13.7. The van der Waals surface area contributed by atoms with Gasteiger partial charge in [0, 0.05) is 18.3 Å². The standard InChI is InChI=1S/C23H25N3O6/c27-13-21-18(26-23(29)25-16-6-9-19-20(10-16)31-14-30-19)8-7-17(32-21)11-22(28)24-12-15-4-2-1-3-5-15/h1-10,17-18,21,27H,11-14H2,(H,24,28)(H2,25,26,29)/t17-,18-,21-/m1/s1. The zero-order valence-corrected chi connectivity index (χ0v) is 17.3. The Balaban J connectivity index is 1.27. The molecule has 32 heavy (non-hydrogen) atoms. The number of urea groups is 1. The summed E-state index contributed by atoms with van der Waals surface area (Å²) in [5.41, 5.74) is 1.55. The van der Waals surface area contributed by atoms with Crippen LogP contribution in [0.4, 0.5) is 10.5 Å². The molecule has 2 heterocycles. The van der Waals surface area contributed by atoms with Crippen LogP contribution >= 0.6 is 0 Å². The summed E-state index contributed by atoms with van der Waals surface area (Å²) in [6.45, 7) is 0.282. The zero-order chi connectivity index (χ0) is 22.3. The second-order valence-electron chi connectivity index (χ2n) is 7.44. The van der Waals surface area contributed by atoms with Crippen LogP contribution in [0.5, 0.6) is 11.5 Å². The Bertz CT molecular complexity index is 981. The number of anilines is 1. The third-order valence-corrected chi connectivity index (χ3v) is 5.11. The summed E-state index contributed by atoms with van der Waals surface area (Å²) in [4.78, 5) is 24.6. The summed E-state index contributed by atoms with van der Waals surface area (Å²) in [6.07, 6.45) is 2.42. The molecule has 2 aromatic rings. The van der Waals surface area contributed by atoms with E-state index < -0.39 is 24.3 Å². The Morgan fingerprint density at radius 1 is 1.03 bits per heavy atom. The van der Waals surface area contributed by atoms with E-state index in [4.69, 9.17) is 14.2 Å². The van der Waals surface area contributed by atoms with Crippen molar-refractivity contribution in [2.24, 2.45) is 0 Å². The van der Waals surface area contributed by atoms with Crippen LogP contribution in [-0.4, -0.2) is 48.7 Å². The van der Waals surface area contributed by atoms with Gasteiger partial charge in [0.25, 0.3) is 0 Å². The average Bonchev–Trinajstić information content (AvgIpc) is 3.27. The van der Waals surface area contributed by atoms with Crippen molar-refractivity contribution in [3.8, 4) is 11.5 Å². The Kier molecular flexibility index (Phi) is 6.88. The molecule has 0 saturated heterocycles. The lowest BCUT2D eigenvalue weighted by molar-refractivity contribution is -0.125. The number of rotatable bonds is 7. The molecule has 168 valence electrons. The highest BCUT2D eigenvalue weighted by atomic mass is 16.7. The quantitative estimate of drug-likeness (QED) is 0.490.